The highest BCUT2D eigenvalue weighted by Gasteiger charge is 2.21. The van der Waals surface area contributed by atoms with E-state index in [2.05, 4.69) is 49.9 Å². The van der Waals surface area contributed by atoms with E-state index >= 15 is 0 Å². The third-order valence-electron chi connectivity index (χ3n) is 3.43. The lowest BCUT2D eigenvalue weighted by molar-refractivity contribution is 0.203. The molecule has 0 aromatic carbocycles. The number of hydrogen-bond donors (Lipinski definition) is 1. The molecule has 1 rings (SSSR count). The number of nitrogens with zero attached hydrogens (tertiary/aromatic N) is 3. The summed E-state index contributed by atoms with van der Waals surface area (Å²) in [5, 5.41) is 8.09. The lowest BCUT2D eigenvalue weighted by Crippen LogP contribution is -2.36. The van der Waals surface area contributed by atoms with Crippen LogP contribution in [0.2, 0.25) is 0 Å². The van der Waals surface area contributed by atoms with Crippen LogP contribution in [0.1, 0.15) is 39.0 Å². The number of methoxy groups -OCH3 is 1. The van der Waals surface area contributed by atoms with E-state index in [0.717, 1.165) is 25.4 Å². The maximum absolute atomic E-state index is 5.24. The van der Waals surface area contributed by atoms with Gasteiger partial charge in [0.2, 0.25) is 0 Å². The number of aromatic nitrogens is 2. The summed E-state index contributed by atoms with van der Waals surface area (Å²) >= 11 is 0. The van der Waals surface area contributed by atoms with Crippen molar-refractivity contribution >= 4 is 5.82 Å². The van der Waals surface area contributed by atoms with Gasteiger partial charge >= 0.3 is 0 Å². The van der Waals surface area contributed by atoms with Crippen molar-refractivity contribution in [2.24, 2.45) is 7.05 Å². The second kappa shape index (κ2) is 7.64. The summed E-state index contributed by atoms with van der Waals surface area (Å²) in [5.41, 5.74) is 2.38. The quantitative estimate of drug-likeness (QED) is 0.793. The van der Waals surface area contributed by atoms with Crippen LogP contribution in [-0.4, -0.2) is 42.1 Å². The third kappa shape index (κ3) is 4.21. The summed E-state index contributed by atoms with van der Waals surface area (Å²) < 4.78 is 7.23. The van der Waals surface area contributed by atoms with Gasteiger partial charge in [0.25, 0.3) is 0 Å². The Morgan fingerprint density at radius 3 is 2.45 bits per heavy atom. The topological polar surface area (TPSA) is 42.3 Å². The Bertz CT molecular complexity index is 412. The lowest BCUT2D eigenvalue weighted by atomic mass is 10.2. The van der Waals surface area contributed by atoms with E-state index in [1.807, 2.05) is 11.7 Å². The zero-order valence-corrected chi connectivity index (χ0v) is 14.0. The summed E-state index contributed by atoms with van der Waals surface area (Å²) in [6, 6.07) is 0.881. The van der Waals surface area contributed by atoms with Gasteiger partial charge in [-0.25, -0.2) is 0 Å². The Morgan fingerprint density at radius 2 is 1.95 bits per heavy atom. The van der Waals surface area contributed by atoms with Crippen LogP contribution in [0.25, 0.3) is 0 Å². The Kier molecular flexibility index (Phi) is 6.49. The van der Waals surface area contributed by atoms with Gasteiger partial charge in [-0.05, 0) is 20.8 Å². The zero-order valence-electron chi connectivity index (χ0n) is 14.0. The summed E-state index contributed by atoms with van der Waals surface area (Å²) in [7, 11) is 3.76. The summed E-state index contributed by atoms with van der Waals surface area (Å²) in [5.74, 6) is 1.20. The van der Waals surface area contributed by atoms with Gasteiger partial charge in [-0.3, -0.25) is 4.68 Å². The molecule has 1 N–H and O–H groups in total. The van der Waals surface area contributed by atoms with Gasteiger partial charge in [-0.2, -0.15) is 5.10 Å². The van der Waals surface area contributed by atoms with Crippen molar-refractivity contribution in [2.45, 2.75) is 53.2 Å². The Labute approximate surface area is 123 Å². The summed E-state index contributed by atoms with van der Waals surface area (Å²) in [6.07, 6.45) is 0. The molecule has 0 fully saturated rings. The smallest absolute Gasteiger partial charge is 0.131 e. The fourth-order valence-electron chi connectivity index (χ4n) is 2.36. The largest absolute Gasteiger partial charge is 0.383 e. The summed E-state index contributed by atoms with van der Waals surface area (Å²) in [6.45, 7) is 13.3. The molecule has 1 aromatic rings. The number of rotatable bonds is 8. The van der Waals surface area contributed by atoms with Crippen molar-refractivity contribution in [1.29, 1.82) is 0 Å². The first-order valence-corrected chi connectivity index (χ1v) is 7.39. The fourth-order valence-corrected chi connectivity index (χ4v) is 2.36. The van der Waals surface area contributed by atoms with E-state index in [-0.39, 0.29) is 0 Å². The molecular weight excluding hydrogens is 252 g/mol. The van der Waals surface area contributed by atoms with E-state index in [1.165, 1.54) is 11.4 Å². The Hall–Kier alpha value is -1.07. The highest BCUT2D eigenvalue weighted by atomic mass is 16.5. The average Bonchev–Trinajstić information content (AvgIpc) is 2.62. The van der Waals surface area contributed by atoms with E-state index in [0.29, 0.717) is 12.1 Å². The lowest BCUT2D eigenvalue weighted by Gasteiger charge is -2.30. The van der Waals surface area contributed by atoms with Crippen molar-refractivity contribution < 1.29 is 4.74 Å². The second-order valence-electron chi connectivity index (χ2n) is 5.83. The van der Waals surface area contributed by atoms with Gasteiger partial charge in [0.05, 0.1) is 12.3 Å². The number of hydrogen-bond acceptors (Lipinski definition) is 4. The molecular formula is C15H30N4O. The van der Waals surface area contributed by atoms with Gasteiger partial charge in [0, 0.05) is 44.9 Å². The minimum absolute atomic E-state index is 0.415. The van der Waals surface area contributed by atoms with Crippen LogP contribution >= 0.6 is 0 Å². The molecule has 0 atom stereocenters. The third-order valence-corrected chi connectivity index (χ3v) is 3.43. The SMILES string of the molecule is COCCN(c1c(CNC(C)C)c(C)nn1C)C(C)C. The van der Waals surface area contributed by atoms with Crippen LogP contribution in [-0.2, 0) is 18.3 Å². The molecule has 0 aliphatic rings. The molecule has 0 saturated carbocycles. The molecule has 0 radical (unpaired) electrons. The van der Waals surface area contributed by atoms with E-state index < -0.39 is 0 Å². The Balaban J connectivity index is 3.05. The maximum Gasteiger partial charge on any atom is 0.131 e. The average molecular weight is 282 g/mol. The number of ether oxygens (including phenoxy) is 1. The predicted octanol–water partition coefficient (Wildman–Crippen LogP) is 2.09. The van der Waals surface area contributed by atoms with Crippen molar-refractivity contribution in [3.63, 3.8) is 0 Å². The van der Waals surface area contributed by atoms with Crippen molar-refractivity contribution in [3.05, 3.63) is 11.3 Å². The van der Waals surface area contributed by atoms with Crippen LogP contribution < -0.4 is 10.2 Å². The molecule has 0 amide bonds. The van der Waals surface area contributed by atoms with Crippen molar-refractivity contribution in [2.75, 3.05) is 25.2 Å². The molecule has 0 aliphatic carbocycles. The minimum atomic E-state index is 0.415. The monoisotopic (exact) mass is 282 g/mol. The van der Waals surface area contributed by atoms with E-state index in [1.54, 1.807) is 7.11 Å². The van der Waals surface area contributed by atoms with Crippen LogP contribution in [0.5, 0.6) is 0 Å². The fraction of sp³-hybridized carbons (Fsp3) is 0.800. The van der Waals surface area contributed by atoms with Crippen LogP contribution in [0.4, 0.5) is 5.82 Å². The van der Waals surface area contributed by atoms with Gasteiger partial charge in [0.15, 0.2) is 0 Å². The molecule has 0 spiro atoms. The maximum atomic E-state index is 5.24. The summed E-state index contributed by atoms with van der Waals surface area (Å²) in [4.78, 5) is 2.36. The van der Waals surface area contributed by atoms with Crippen LogP contribution in [0, 0.1) is 6.92 Å². The van der Waals surface area contributed by atoms with Crippen LogP contribution in [0.3, 0.4) is 0 Å². The zero-order chi connectivity index (χ0) is 15.3. The standard InChI is InChI=1S/C15H30N4O/c1-11(2)16-10-14-13(5)17-18(6)15(14)19(12(3)4)8-9-20-7/h11-12,16H,8-10H2,1-7H3. The first-order chi connectivity index (χ1) is 9.38. The molecule has 0 aliphatic heterocycles. The molecule has 116 valence electrons. The van der Waals surface area contributed by atoms with E-state index in [9.17, 15) is 0 Å². The van der Waals surface area contributed by atoms with Gasteiger partial charge in [-0.15, -0.1) is 0 Å². The second-order valence-corrected chi connectivity index (χ2v) is 5.83. The molecule has 1 aromatic heterocycles. The minimum Gasteiger partial charge on any atom is -0.383 e. The molecule has 5 nitrogen and oxygen atoms in total. The van der Waals surface area contributed by atoms with Crippen molar-refractivity contribution in [3.8, 4) is 0 Å². The highest BCUT2D eigenvalue weighted by molar-refractivity contribution is 5.51. The number of anilines is 1. The molecule has 20 heavy (non-hydrogen) atoms. The first-order valence-electron chi connectivity index (χ1n) is 7.39. The molecule has 1 heterocycles. The molecule has 5 heteroatoms. The van der Waals surface area contributed by atoms with Gasteiger partial charge in [0.1, 0.15) is 5.82 Å². The van der Waals surface area contributed by atoms with Gasteiger partial charge < -0.3 is 15.0 Å². The normalized spacial score (nSPS) is 11.7. The molecule has 0 unspecified atom stereocenters. The molecule has 0 saturated heterocycles. The Morgan fingerprint density at radius 1 is 1.30 bits per heavy atom. The van der Waals surface area contributed by atoms with Crippen molar-refractivity contribution in [1.82, 2.24) is 15.1 Å². The van der Waals surface area contributed by atoms with Gasteiger partial charge in [-0.1, -0.05) is 13.8 Å². The predicted molar refractivity (Wildman–Crippen MR) is 84.3 cm³/mol. The highest BCUT2D eigenvalue weighted by Crippen LogP contribution is 2.25. The number of nitrogens with one attached hydrogen (secondary N) is 1. The first kappa shape index (κ1) is 17.0. The number of aryl methyl sites for hydroxylation is 2. The van der Waals surface area contributed by atoms with E-state index in [4.69, 9.17) is 4.74 Å². The van der Waals surface area contributed by atoms with Crippen LogP contribution in [0.15, 0.2) is 0 Å². The molecule has 0 bridgehead atoms.